The van der Waals surface area contributed by atoms with Gasteiger partial charge in [0.25, 0.3) is 0 Å². The molecule has 19 heavy (non-hydrogen) atoms. The van der Waals surface area contributed by atoms with Gasteiger partial charge in [0, 0.05) is 12.6 Å². The number of hydrogen-bond donors (Lipinski definition) is 1. The summed E-state index contributed by atoms with van der Waals surface area (Å²) in [5, 5.41) is 0. The van der Waals surface area contributed by atoms with E-state index in [0.29, 0.717) is 31.9 Å². The Hall–Kier alpha value is -1.75. The van der Waals surface area contributed by atoms with Crippen LogP contribution in [0.15, 0.2) is 18.2 Å². The van der Waals surface area contributed by atoms with E-state index >= 15 is 0 Å². The number of benzene rings is 1. The fourth-order valence-corrected chi connectivity index (χ4v) is 2.18. The Bertz CT molecular complexity index is 462. The molecule has 1 unspecified atom stereocenters. The summed E-state index contributed by atoms with van der Waals surface area (Å²) in [5.41, 5.74) is 6.50. The lowest BCUT2D eigenvalue weighted by atomic mass is 10.2. The minimum absolute atomic E-state index is 0.0606. The number of hydrogen-bond acceptors (Lipinski definition) is 4. The maximum absolute atomic E-state index is 12.0. The van der Waals surface area contributed by atoms with E-state index in [0.717, 1.165) is 11.4 Å². The van der Waals surface area contributed by atoms with Gasteiger partial charge in [-0.05, 0) is 32.4 Å². The van der Waals surface area contributed by atoms with E-state index in [1.54, 1.807) is 4.90 Å². The summed E-state index contributed by atoms with van der Waals surface area (Å²) in [4.78, 5) is 13.7. The van der Waals surface area contributed by atoms with Gasteiger partial charge in [-0.15, -0.1) is 0 Å². The Kier molecular flexibility index (Phi) is 4.27. The maximum Gasteiger partial charge on any atom is 0.244 e. The van der Waals surface area contributed by atoms with E-state index in [1.807, 2.05) is 32.0 Å². The highest BCUT2D eigenvalue weighted by molar-refractivity contribution is 6.00. The zero-order valence-corrected chi connectivity index (χ0v) is 11.4. The van der Waals surface area contributed by atoms with Gasteiger partial charge in [0.15, 0.2) is 0 Å². The van der Waals surface area contributed by atoms with Gasteiger partial charge in [0.05, 0.1) is 24.9 Å². The zero-order chi connectivity index (χ0) is 13.8. The van der Waals surface area contributed by atoms with E-state index in [2.05, 4.69) is 0 Å². The summed E-state index contributed by atoms with van der Waals surface area (Å²) in [5.74, 6) is 1.36. The van der Waals surface area contributed by atoms with Crippen molar-refractivity contribution in [2.75, 3.05) is 24.7 Å². The molecule has 5 nitrogen and oxygen atoms in total. The monoisotopic (exact) mass is 264 g/mol. The molecular weight excluding hydrogens is 244 g/mol. The van der Waals surface area contributed by atoms with E-state index in [9.17, 15) is 4.79 Å². The molecule has 1 aromatic carbocycles. The summed E-state index contributed by atoms with van der Waals surface area (Å²) in [6.45, 7) is 5.59. The third-order valence-corrected chi connectivity index (χ3v) is 3.08. The molecule has 1 heterocycles. The van der Waals surface area contributed by atoms with Crippen LogP contribution in [0.5, 0.6) is 11.5 Å². The van der Waals surface area contributed by atoms with Gasteiger partial charge in [-0.2, -0.15) is 0 Å². The Morgan fingerprint density at radius 3 is 2.63 bits per heavy atom. The Balaban J connectivity index is 2.34. The molecule has 1 saturated heterocycles. The van der Waals surface area contributed by atoms with E-state index in [4.69, 9.17) is 15.2 Å². The SMILES string of the molecule is CCOc1ccc(OCC)c(N2CCC(N)C2=O)c1. The van der Waals surface area contributed by atoms with Crippen LogP contribution in [0.1, 0.15) is 20.3 Å². The third-order valence-electron chi connectivity index (χ3n) is 3.08. The minimum Gasteiger partial charge on any atom is -0.494 e. The number of carbonyl (C=O) groups excluding carboxylic acids is 1. The zero-order valence-electron chi connectivity index (χ0n) is 11.4. The molecule has 0 bridgehead atoms. The molecule has 0 saturated carbocycles. The van der Waals surface area contributed by atoms with Crippen molar-refractivity contribution < 1.29 is 14.3 Å². The van der Waals surface area contributed by atoms with Crippen LogP contribution in [0.3, 0.4) is 0 Å². The van der Waals surface area contributed by atoms with Crippen molar-refractivity contribution in [3.8, 4) is 11.5 Å². The predicted octanol–water partition coefficient (Wildman–Crippen LogP) is 1.55. The van der Waals surface area contributed by atoms with E-state index in [-0.39, 0.29) is 5.91 Å². The number of amides is 1. The van der Waals surface area contributed by atoms with Gasteiger partial charge in [0.1, 0.15) is 11.5 Å². The number of nitrogens with zero attached hydrogens (tertiary/aromatic N) is 1. The molecule has 1 amide bonds. The van der Waals surface area contributed by atoms with Crippen LogP contribution in [0, 0.1) is 0 Å². The fourth-order valence-electron chi connectivity index (χ4n) is 2.18. The number of carbonyl (C=O) groups is 1. The summed E-state index contributed by atoms with van der Waals surface area (Å²) in [6, 6.07) is 5.11. The molecule has 5 heteroatoms. The lowest BCUT2D eigenvalue weighted by Crippen LogP contribution is -2.34. The lowest BCUT2D eigenvalue weighted by Gasteiger charge is -2.20. The molecular formula is C14H20N2O3. The van der Waals surface area contributed by atoms with Gasteiger partial charge >= 0.3 is 0 Å². The van der Waals surface area contributed by atoms with Crippen LogP contribution in [-0.4, -0.2) is 31.7 Å². The number of ether oxygens (including phenoxy) is 2. The standard InChI is InChI=1S/C14H20N2O3/c1-3-18-10-5-6-13(19-4-2)12(9-10)16-8-7-11(15)14(16)17/h5-6,9,11H,3-4,7-8,15H2,1-2H3. The first-order valence-corrected chi connectivity index (χ1v) is 6.64. The normalized spacial score (nSPS) is 18.8. The maximum atomic E-state index is 12.0. The van der Waals surface area contributed by atoms with Crippen LogP contribution in [0.2, 0.25) is 0 Å². The first-order chi connectivity index (χ1) is 9.17. The molecule has 1 aliphatic heterocycles. The molecule has 2 rings (SSSR count). The van der Waals surface area contributed by atoms with Gasteiger partial charge in [-0.1, -0.05) is 0 Å². The van der Waals surface area contributed by atoms with E-state index < -0.39 is 6.04 Å². The van der Waals surface area contributed by atoms with Crippen molar-refractivity contribution in [3.63, 3.8) is 0 Å². The van der Waals surface area contributed by atoms with Crippen molar-refractivity contribution in [1.29, 1.82) is 0 Å². The lowest BCUT2D eigenvalue weighted by molar-refractivity contribution is -0.118. The van der Waals surface area contributed by atoms with Crippen LogP contribution < -0.4 is 20.1 Å². The molecule has 1 atom stereocenters. The molecule has 1 fully saturated rings. The largest absolute Gasteiger partial charge is 0.494 e. The average Bonchev–Trinajstić information content (AvgIpc) is 2.73. The highest BCUT2D eigenvalue weighted by atomic mass is 16.5. The fraction of sp³-hybridized carbons (Fsp3) is 0.500. The molecule has 0 spiro atoms. The summed E-state index contributed by atoms with van der Waals surface area (Å²) >= 11 is 0. The van der Waals surface area contributed by atoms with Crippen LogP contribution in [0.4, 0.5) is 5.69 Å². The molecule has 0 aromatic heterocycles. The Morgan fingerprint density at radius 1 is 1.32 bits per heavy atom. The summed E-state index contributed by atoms with van der Waals surface area (Å²) in [7, 11) is 0. The summed E-state index contributed by atoms with van der Waals surface area (Å²) in [6.07, 6.45) is 0.670. The summed E-state index contributed by atoms with van der Waals surface area (Å²) < 4.78 is 11.1. The van der Waals surface area contributed by atoms with Crippen molar-refractivity contribution in [2.24, 2.45) is 5.73 Å². The van der Waals surface area contributed by atoms with Crippen LogP contribution >= 0.6 is 0 Å². The highest BCUT2D eigenvalue weighted by Crippen LogP contribution is 2.34. The van der Waals surface area contributed by atoms with E-state index in [1.165, 1.54) is 0 Å². The number of rotatable bonds is 5. The Morgan fingerprint density at radius 2 is 2.05 bits per heavy atom. The number of anilines is 1. The van der Waals surface area contributed by atoms with Gasteiger partial charge < -0.3 is 20.1 Å². The third kappa shape index (κ3) is 2.81. The van der Waals surface area contributed by atoms with Gasteiger partial charge in [0.2, 0.25) is 5.91 Å². The predicted molar refractivity (Wildman–Crippen MR) is 73.7 cm³/mol. The second-order valence-corrected chi connectivity index (χ2v) is 4.38. The topological polar surface area (TPSA) is 64.8 Å². The molecule has 1 aliphatic rings. The van der Waals surface area contributed by atoms with Gasteiger partial charge in [-0.3, -0.25) is 4.79 Å². The Labute approximate surface area is 113 Å². The smallest absolute Gasteiger partial charge is 0.244 e. The van der Waals surface area contributed by atoms with Crippen LogP contribution in [0.25, 0.3) is 0 Å². The molecule has 0 radical (unpaired) electrons. The quantitative estimate of drug-likeness (QED) is 0.876. The van der Waals surface area contributed by atoms with Crippen molar-refractivity contribution in [2.45, 2.75) is 26.3 Å². The molecule has 104 valence electrons. The number of nitrogens with two attached hydrogens (primary N) is 1. The molecule has 1 aromatic rings. The molecule has 2 N–H and O–H groups in total. The minimum atomic E-state index is -0.412. The van der Waals surface area contributed by atoms with Crippen molar-refractivity contribution in [1.82, 2.24) is 0 Å². The second kappa shape index (κ2) is 5.93. The van der Waals surface area contributed by atoms with Crippen molar-refractivity contribution >= 4 is 11.6 Å². The molecule has 0 aliphatic carbocycles. The van der Waals surface area contributed by atoms with Crippen LogP contribution in [-0.2, 0) is 4.79 Å². The van der Waals surface area contributed by atoms with Gasteiger partial charge in [-0.25, -0.2) is 0 Å². The first kappa shape index (κ1) is 13.7. The average molecular weight is 264 g/mol. The first-order valence-electron chi connectivity index (χ1n) is 6.64. The van der Waals surface area contributed by atoms with Crippen molar-refractivity contribution in [3.05, 3.63) is 18.2 Å². The highest BCUT2D eigenvalue weighted by Gasteiger charge is 2.31. The second-order valence-electron chi connectivity index (χ2n) is 4.38.